The summed E-state index contributed by atoms with van der Waals surface area (Å²) in [5, 5.41) is 1.23. The Morgan fingerprint density at radius 1 is 1.11 bits per heavy atom. The molecule has 0 unspecified atom stereocenters. The van der Waals surface area contributed by atoms with Crippen molar-refractivity contribution in [2.24, 2.45) is 0 Å². The van der Waals surface area contributed by atoms with Gasteiger partial charge in [-0.15, -0.1) is 0 Å². The lowest BCUT2D eigenvalue weighted by Crippen LogP contribution is -2.40. The number of morpholine rings is 1. The van der Waals surface area contributed by atoms with Gasteiger partial charge in [-0.25, -0.2) is 0 Å². The van der Waals surface area contributed by atoms with Gasteiger partial charge in [0.15, 0.2) is 0 Å². The summed E-state index contributed by atoms with van der Waals surface area (Å²) in [5.74, 6) is 0.0997. The molecule has 1 aromatic heterocycles. The zero-order valence-corrected chi connectivity index (χ0v) is 17.1. The van der Waals surface area contributed by atoms with Crippen molar-refractivity contribution in [1.82, 2.24) is 19.7 Å². The van der Waals surface area contributed by atoms with Crippen LogP contribution in [0.25, 0.3) is 10.9 Å². The molecule has 2 aromatic rings. The molecule has 4 rings (SSSR count). The second-order valence-corrected chi connectivity index (χ2v) is 8.24. The highest BCUT2D eigenvalue weighted by Crippen LogP contribution is 2.23. The Kier molecular flexibility index (Phi) is 5.99. The highest BCUT2D eigenvalue weighted by atomic mass is 16.5. The lowest BCUT2D eigenvalue weighted by atomic mass is 10.1. The number of fused-ring (bicyclic) bond motifs is 1. The number of aromatic amines is 1. The van der Waals surface area contributed by atoms with Crippen LogP contribution in [-0.4, -0.2) is 84.1 Å². The maximum Gasteiger partial charge on any atom is 0.254 e. The zero-order chi connectivity index (χ0) is 19.5. The fraction of sp³-hybridized carbons (Fsp3) is 0.591. The predicted molar refractivity (Wildman–Crippen MR) is 112 cm³/mol. The van der Waals surface area contributed by atoms with Gasteiger partial charge in [0, 0.05) is 61.4 Å². The first-order chi connectivity index (χ1) is 13.6. The van der Waals surface area contributed by atoms with Gasteiger partial charge < -0.3 is 14.6 Å². The maximum absolute atomic E-state index is 12.7. The van der Waals surface area contributed by atoms with Crippen LogP contribution in [0.2, 0.25) is 0 Å². The Balaban J connectivity index is 1.45. The van der Waals surface area contributed by atoms with Crippen molar-refractivity contribution in [3.8, 4) is 0 Å². The van der Waals surface area contributed by atoms with Gasteiger partial charge in [-0.1, -0.05) is 6.07 Å². The Bertz CT molecular complexity index is 810. The first kappa shape index (κ1) is 19.4. The highest BCUT2D eigenvalue weighted by molar-refractivity contribution is 5.98. The Labute approximate surface area is 167 Å². The van der Waals surface area contributed by atoms with Crippen LogP contribution < -0.4 is 0 Å². The molecule has 1 amide bonds. The molecule has 0 radical (unpaired) electrons. The number of carbonyl (C=O) groups is 1. The van der Waals surface area contributed by atoms with Crippen molar-refractivity contribution in [2.75, 3.05) is 52.5 Å². The first-order valence-electron chi connectivity index (χ1n) is 10.6. The average molecular weight is 385 g/mol. The minimum atomic E-state index is 0.0997. The van der Waals surface area contributed by atoms with E-state index in [1.807, 2.05) is 17.0 Å². The number of ether oxygens (including phenoxy) is 1. The molecular formula is C22H32N4O2. The van der Waals surface area contributed by atoms with Gasteiger partial charge in [0.1, 0.15) is 0 Å². The molecule has 0 spiro atoms. The minimum absolute atomic E-state index is 0.0997. The van der Waals surface area contributed by atoms with E-state index < -0.39 is 0 Å². The maximum atomic E-state index is 12.7. The number of hydrogen-bond donors (Lipinski definition) is 1. The number of nitrogens with zero attached hydrogens (tertiary/aromatic N) is 3. The molecule has 28 heavy (non-hydrogen) atoms. The van der Waals surface area contributed by atoms with E-state index in [2.05, 4.69) is 40.9 Å². The summed E-state index contributed by atoms with van der Waals surface area (Å²) in [6.45, 7) is 12.7. The molecule has 0 atom stereocenters. The lowest BCUT2D eigenvalue weighted by Gasteiger charge is -2.26. The number of H-pyrrole nitrogens is 1. The molecule has 0 saturated carbocycles. The van der Waals surface area contributed by atoms with Crippen LogP contribution in [0.15, 0.2) is 24.4 Å². The van der Waals surface area contributed by atoms with E-state index in [0.717, 1.165) is 37.3 Å². The molecular weight excluding hydrogens is 352 g/mol. The minimum Gasteiger partial charge on any atom is -0.378 e. The summed E-state index contributed by atoms with van der Waals surface area (Å²) in [7, 11) is 0. The largest absolute Gasteiger partial charge is 0.378 e. The normalized spacial score (nSPS) is 20.0. The van der Waals surface area contributed by atoms with Crippen LogP contribution in [0.3, 0.4) is 0 Å². The van der Waals surface area contributed by atoms with Crippen molar-refractivity contribution in [2.45, 2.75) is 32.9 Å². The molecule has 1 N–H and O–H groups in total. The SMILES string of the molecule is CC(C)N1CCCN(Cc2c[nH]c3cc(C(=O)N4CCOCC4)ccc23)CC1. The summed E-state index contributed by atoms with van der Waals surface area (Å²) >= 11 is 0. The third-order valence-electron chi connectivity index (χ3n) is 6.06. The van der Waals surface area contributed by atoms with Crippen LogP contribution >= 0.6 is 0 Å². The summed E-state index contributed by atoms with van der Waals surface area (Å²) in [5.41, 5.74) is 3.12. The van der Waals surface area contributed by atoms with Gasteiger partial charge in [0.2, 0.25) is 0 Å². The molecule has 2 aliphatic heterocycles. The lowest BCUT2D eigenvalue weighted by molar-refractivity contribution is 0.0303. The second kappa shape index (κ2) is 8.64. The molecule has 6 heteroatoms. The molecule has 2 aliphatic rings. The average Bonchev–Trinajstić information content (AvgIpc) is 2.95. The van der Waals surface area contributed by atoms with Crippen molar-refractivity contribution in [3.63, 3.8) is 0 Å². The summed E-state index contributed by atoms with van der Waals surface area (Å²) in [4.78, 5) is 23.1. The molecule has 0 bridgehead atoms. The van der Waals surface area contributed by atoms with E-state index in [0.29, 0.717) is 32.3 Å². The van der Waals surface area contributed by atoms with E-state index in [1.165, 1.54) is 23.9 Å². The number of amides is 1. The second-order valence-electron chi connectivity index (χ2n) is 8.24. The third kappa shape index (κ3) is 4.24. The predicted octanol–water partition coefficient (Wildman–Crippen LogP) is 2.56. The highest BCUT2D eigenvalue weighted by Gasteiger charge is 2.20. The number of benzene rings is 1. The fourth-order valence-corrected chi connectivity index (χ4v) is 4.31. The standard InChI is InChI=1S/C22H32N4O2/c1-17(2)25-7-3-6-24(8-9-25)16-19-15-23-21-14-18(4-5-20(19)21)22(27)26-10-12-28-13-11-26/h4-5,14-15,17,23H,3,6-13,16H2,1-2H3. The Hall–Kier alpha value is -1.89. The fourth-order valence-electron chi connectivity index (χ4n) is 4.31. The molecule has 3 heterocycles. The smallest absolute Gasteiger partial charge is 0.254 e. The number of carbonyl (C=O) groups excluding carboxylic acids is 1. The van der Waals surface area contributed by atoms with Crippen LogP contribution in [-0.2, 0) is 11.3 Å². The Morgan fingerprint density at radius 3 is 2.71 bits per heavy atom. The number of aromatic nitrogens is 1. The van der Waals surface area contributed by atoms with Crippen molar-refractivity contribution in [3.05, 3.63) is 35.5 Å². The van der Waals surface area contributed by atoms with Crippen molar-refractivity contribution < 1.29 is 9.53 Å². The number of hydrogen-bond acceptors (Lipinski definition) is 4. The summed E-state index contributed by atoms with van der Waals surface area (Å²) in [6.07, 6.45) is 3.33. The van der Waals surface area contributed by atoms with Gasteiger partial charge in [0.05, 0.1) is 13.2 Å². The van der Waals surface area contributed by atoms with Crippen LogP contribution in [0.5, 0.6) is 0 Å². The molecule has 0 aliphatic carbocycles. The van der Waals surface area contributed by atoms with Gasteiger partial charge in [-0.2, -0.15) is 0 Å². The first-order valence-corrected chi connectivity index (χ1v) is 10.6. The number of nitrogens with one attached hydrogen (secondary N) is 1. The van der Waals surface area contributed by atoms with Gasteiger partial charge in [-0.3, -0.25) is 14.6 Å². The van der Waals surface area contributed by atoms with Crippen LogP contribution in [0, 0.1) is 0 Å². The summed E-state index contributed by atoms with van der Waals surface area (Å²) in [6, 6.07) is 6.70. The van der Waals surface area contributed by atoms with Crippen LogP contribution in [0.4, 0.5) is 0 Å². The van der Waals surface area contributed by atoms with Gasteiger partial charge in [0.25, 0.3) is 5.91 Å². The van der Waals surface area contributed by atoms with E-state index in [-0.39, 0.29) is 5.91 Å². The van der Waals surface area contributed by atoms with E-state index in [1.54, 1.807) is 0 Å². The van der Waals surface area contributed by atoms with Crippen molar-refractivity contribution in [1.29, 1.82) is 0 Å². The third-order valence-corrected chi connectivity index (χ3v) is 6.06. The van der Waals surface area contributed by atoms with Gasteiger partial charge in [-0.05, 0) is 51.1 Å². The zero-order valence-electron chi connectivity index (χ0n) is 17.1. The van der Waals surface area contributed by atoms with Crippen molar-refractivity contribution >= 4 is 16.8 Å². The van der Waals surface area contributed by atoms with E-state index in [9.17, 15) is 4.79 Å². The van der Waals surface area contributed by atoms with Crippen LogP contribution in [0.1, 0.15) is 36.2 Å². The molecule has 2 fully saturated rings. The molecule has 1 aromatic carbocycles. The van der Waals surface area contributed by atoms with E-state index >= 15 is 0 Å². The summed E-state index contributed by atoms with van der Waals surface area (Å²) < 4.78 is 5.35. The molecule has 152 valence electrons. The Morgan fingerprint density at radius 2 is 1.93 bits per heavy atom. The quantitative estimate of drug-likeness (QED) is 0.880. The monoisotopic (exact) mass is 384 g/mol. The number of rotatable bonds is 4. The van der Waals surface area contributed by atoms with E-state index in [4.69, 9.17) is 4.74 Å². The molecule has 2 saturated heterocycles. The molecule has 6 nitrogen and oxygen atoms in total. The topological polar surface area (TPSA) is 51.8 Å². The van der Waals surface area contributed by atoms with Gasteiger partial charge >= 0.3 is 0 Å².